The first-order valence-electron chi connectivity index (χ1n) is 6.87. The number of sulfonamides is 1. The molecule has 1 unspecified atom stereocenters. The van der Waals surface area contributed by atoms with Gasteiger partial charge in [-0.2, -0.15) is 18.4 Å². The van der Waals surface area contributed by atoms with E-state index in [1.54, 1.807) is 30.3 Å². The van der Waals surface area contributed by atoms with E-state index >= 15 is 0 Å². The molecule has 0 aromatic heterocycles. The van der Waals surface area contributed by atoms with Crippen molar-refractivity contribution in [2.75, 3.05) is 7.11 Å². The van der Waals surface area contributed by atoms with E-state index in [0.29, 0.717) is 0 Å². The number of nitrogens with one attached hydrogen (secondary N) is 1. The molecule has 0 heterocycles. The Hall–Kier alpha value is -1.99. The highest BCUT2D eigenvalue weighted by Gasteiger charge is 2.29. The van der Waals surface area contributed by atoms with Crippen LogP contribution in [0.1, 0.15) is 11.1 Å². The molecule has 0 saturated carbocycles. The van der Waals surface area contributed by atoms with Crippen LogP contribution in [0.5, 0.6) is 0 Å². The lowest BCUT2D eigenvalue weighted by Crippen LogP contribution is -2.21. The molecule has 0 aliphatic carbocycles. The molecule has 0 saturated heterocycles. The quantitative estimate of drug-likeness (QED) is 0.463. The Kier molecular flexibility index (Phi) is 5.56. The van der Waals surface area contributed by atoms with Crippen LogP contribution >= 0.6 is 7.60 Å². The van der Waals surface area contributed by atoms with Crippen LogP contribution < -0.4 is 4.83 Å². The fourth-order valence-corrected chi connectivity index (χ4v) is 3.54. The second-order valence-corrected chi connectivity index (χ2v) is 8.40. The summed E-state index contributed by atoms with van der Waals surface area (Å²) < 4.78 is 41.3. The average Bonchev–Trinajstić information content (AvgIpc) is 2.56. The highest BCUT2D eigenvalue weighted by molar-refractivity contribution is 7.89. The van der Waals surface area contributed by atoms with Gasteiger partial charge in [-0.25, -0.2) is 0 Å². The Bertz CT molecular complexity index is 880. The molecule has 0 fully saturated rings. The standard InChI is InChI=1S/C15H17N2O5PS/c1-12-8-10-14(11-9-12)24(20,21)17-16-15(23(18,19)22-2)13-6-4-3-5-7-13/h3-11,17H,1-2H3,(H,18,19)/b16-15-. The first kappa shape index (κ1) is 18.4. The van der Waals surface area contributed by atoms with E-state index < -0.39 is 17.6 Å². The summed E-state index contributed by atoms with van der Waals surface area (Å²) in [7, 11) is -7.19. The van der Waals surface area contributed by atoms with Crippen LogP contribution in [0.15, 0.2) is 64.6 Å². The Morgan fingerprint density at radius 3 is 2.25 bits per heavy atom. The van der Waals surface area contributed by atoms with Gasteiger partial charge in [0.25, 0.3) is 10.0 Å². The lowest BCUT2D eigenvalue weighted by Gasteiger charge is -2.13. The summed E-state index contributed by atoms with van der Waals surface area (Å²) >= 11 is 0. The number of benzene rings is 2. The lowest BCUT2D eigenvalue weighted by molar-refractivity contribution is 0.331. The number of hydrogen-bond donors (Lipinski definition) is 2. The maximum Gasteiger partial charge on any atom is 0.379 e. The van der Waals surface area contributed by atoms with E-state index in [0.717, 1.165) is 12.7 Å². The summed E-state index contributed by atoms with van der Waals surface area (Å²) in [6.07, 6.45) is 0. The van der Waals surface area contributed by atoms with Crippen molar-refractivity contribution in [1.29, 1.82) is 0 Å². The van der Waals surface area contributed by atoms with Gasteiger partial charge in [0.2, 0.25) is 0 Å². The van der Waals surface area contributed by atoms with Crippen LogP contribution in [-0.2, 0) is 19.1 Å². The van der Waals surface area contributed by atoms with Gasteiger partial charge in [0.15, 0.2) is 5.45 Å². The van der Waals surface area contributed by atoms with Crippen LogP contribution in [0.25, 0.3) is 0 Å². The molecule has 7 nitrogen and oxygen atoms in total. The van der Waals surface area contributed by atoms with E-state index in [4.69, 9.17) is 0 Å². The van der Waals surface area contributed by atoms with Crippen molar-refractivity contribution in [3.63, 3.8) is 0 Å². The van der Waals surface area contributed by atoms with Gasteiger partial charge in [0.1, 0.15) is 0 Å². The van der Waals surface area contributed by atoms with Crippen molar-refractivity contribution in [3.05, 3.63) is 65.7 Å². The maximum absolute atomic E-state index is 12.3. The van der Waals surface area contributed by atoms with Gasteiger partial charge in [0.05, 0.1) is 4.90 Å². The number of aryl methyl sites for hydroxylation is 1. The largest absolute Gasteiger partial charge is 0.379 e. The number of rotatable bonds is 6. The Morgan fingerprint density at radius 2 is 1.71 bits per heavy atom. The fraction of sp³-hybridized carbons (Fsp3) is 0.133. The van der Waals surface area contributed by atoms with Crippen molar-refractivity contribution in [1.82, 2.24) is 4.83 Å². The highest BCUT2D eigenvalue weighted by Crippen LogP contribution is 2.45. The molecule has 0 bridgehead atoms. The first-order chi connectivity index (χ1) is 11.3. The molecule has 2 aromatic rings. The lowest BCUT2D eigenvalue weighted by atomic mass is 10.2. The zero-order valence-electron chi connectivity index (χ0n) is 13.1. The molecule has 0 aliphatic rings. The molecule has 1 atom stereocenters. The van der Waals surface area contributed by atoms with E-state index in [1.165, 1.54) is 24.3 Å². The molecule has 24 heavy (non-hydrogen) atoms. The third kappa shape index (κ3) is 4.30. The average molecular weight is 368 g/mol. The van der Waals surface area contributed by atoms with E-state index in [-0.39, 0.29) is 15.9 Å². The van der Waals surface area contributed by atoms with Gasteiger partial charge in [-0.15, -0.1) is 0 Å². The maximum atomic E-state index is 12.3. The van der Waals surface area contributed by atoms with Crippen molar-refractivity contribution < 1.29 is 22.4 Å². The summed E-state index contributed by atoms with van der Waals surface area (Å²) in [6, 6.07) is 14.2. The summed E-state index contributed by atoms with van der Waals surface area (Å²) in [5, 5.41) is 3.65. The van der Waals surface area contributed by atoms with Crippen LogP contribution in [0.4, 0.5) is 0 Å². The van der Waals surface area contributed by atoms with Gasteiger partial charge in [0, 0.05) is 12.7 Å². The van der Waals surface area contributed by atoms with Crippen molar-refractivity contribution in [3.8, 4) is 0 Å². The predicted molar refractivity (Wildman–Crippen MR) is 91.3 cm³/mol. The minimum Gasteiger partial charge on any atom is -0.320 e. The van der Waals surface area contributed by atoms with Crippen molar-refractivity contribution in [2.45, 2.75) is 11.8 Å². The zero-order chi connectivity index (χ0) is 17.8. The number of hydrazone groups is 1. The Morgan fingerprint density at radius 1 is 1.12 bits per heavy atom. The van der Waals surface area contributed by atoms with Crippen LogP contribution in [-0.4, -0.2) is 25.9 Å². The topological polar surface area (TPSA) is 105 Å². The minimum absolute atomic E-state index is 0.00514. The first-order valence-corrected chi connectivity index (χ1v) is 9.93. The second kappa shape index (κ2) is 7.27. The number of hydrogen-bond acceptors (Lipinski definition) is 5. The molecule has 2 N–H and O–H groups in total. The molecule has 9 heteroatoms. The highest BCUT2D eigenvalue weighted by atomic mass is 32.2. The van der Waals surface area contributed by atoms with E-state index in [2.05, 4.69) is 9.63 Å². The van der Waals surface area contributed by atoms with Crippen LogP contribution in [0, 0.1) is 6.92 Å². The predicted octanol–water partition coefficient (Wildman–Crippen LogP) is 2.47. The smallest absolute Gasteiger partial charge is 0.320 e. The van der Waals surface area contributed by atoms with E-state index in [9.17, 15) is 17.9 Å². The second-order valence-electron chi connectivity index (χ2n) is 4.91. The fourth-order valence-electron chi connectivity index (χ4n) is 1.84. The molecular weight excluding hydrogens is 351 g/mol. The SMILES string of the molecule is COP(=O)(O)/C(=N\NS(=O)(=O)c1ccc(C)cc1)c1ccccc1. The number of nitrogens with zero attached hydrogens (tertiary/aromatic N) is 1. The Labute approximate surface area is 140 Å². The third-order valence-corrected chi connectivity index (χ3v) is 5.76. The van der Waals surface area contributed by atoms with Gasteiger partial charge in [-0.05, 0) is 19.1 Å². The minimum atomic E-state index is -4.27. The monoisotopic (exact) mass is 368 g/mol. The van der Waals surface area contributed by atoms with E-state index in [1.807, 2.05) is 11.8 Å². The van der Waals surface area contributed by atoms with Gasteiger partial charge >= 0.3 is 7.60 Å². The molecule has 2 aromatic carbocycles. The normalized spacial score (nSPS) is 14.9. The molecule has 0 spiro atoms. The molecule has 128 valence electrons. The molecule has 2 rings (SSSR count). The third-order valence-electron chi connectivity index (χ3n) is 3.15. The Balaban J connectivity index is 2.41. The van der Waals surface area contributed by atoms with Gasteiger partial charge < -0.3 is 9.42 Å². The zero-order valence-corrected chi connectivity index (χ0v) is 14.8. The summed E-state index contributed by atoms with van der Waals surface area (Å²) in [5.74, 6) is 0. The molecule has 0 radical (unpaired) electrons. The molecular formula is C15H17N2O5PS. The van der Waals surface area contributed by atoms with Crippen LogP contribution in [0.3, 0.4) is 0 Å². The molecule has 0 amide bonds. The summed E-state index contributed by atoms with van der Waals surface area (Å²) in [6.45, 7) is 1.83. The van der Waals surface area contributed by atoms with Crippen molar-refractivity contribution >= 4 is 23.1 Å². The summed E-state index contributed by atoms with van der Waals surface area (Å²) in [4.78, 5) is 11.9. The van der Waals surface area contributed by atoms with Gasteiger partial charge in [-0.1, -0.05) is 48.0 Å². The summed E-state index contributed by atoms with van der Waals surface area (Å²) in [5.41, 5.74) is 0.791. The van der Waals surface area contributed by atoms with Crippen molar-refractivity contribution in [2.24, 2.45) is 5.10 Å². The van der Waals surface area contributed by atoms with Gasteiger partial charge in [-0.3, -0.25) is 4.57 Å². The molecule has 0 aliphatic heterocycles. The van der Waals surface area contributed by atoms with Crippen LogP contribution in [0.2, 0.25) is 0 Å².